The lowest BCUT2D eigenvalue weighted by atomic mass is 10.1. The second-order valence-electron chi connectivity index (χ2n) is 4.93. The van der Waals surface area contributed by atoms with E-state index in [4.69, 9.17) is 5.11 Å². The van der Waals surface area contributed by atoms with Crippen LogP contribution >= 0.6 is 0 Å². The standard InChI is InChI=1S/C11H8O2.C7H16/c12-11(13)10-6-5-8-3-1-2-4-9(8)7-10;1-3-5-7-6-4-2/h1-7H,(H,12,13);3-7H2,1-2H3. The van der Waals surface area contributed by atoms with Gasteiger partial charge in [0.25, 0.3) is 0 Å². The number of aromatic carboxylic acids is 1. The van der Waals surface area contributed by atoms with Gasteiger partial charge in [0.05, 0.1) is 5.56 Å². The summed E-state index contributed by atoms with van der Waals surface area (Å²) in [7, 11) is 0. The van der Waals surface area contributed by atoms with Gasteiger partial charge in [-0.05, 0) is 22.9 Å². The van der Waals surface area contributed by atoms with E-state index >= 15 is 0 Å². The minimum absolute atomic E-state index is 0.332. The fourth-order valence-electron chi connectivity index (χ4n) is 2.00. The average Bonchev–Trinajstić information content (AvgIpc) is 2.48. The summed E-state index contributed by atoms with van der Waals surface area (Å²) in [5.74, 6) is -0.884. The predicted molar refractivity (Wildman–Crippen MR) is 85.3 cm³/mol. The van der Waals surface area contributed by atoms with Crippen LogP contribution in [0.15, 0.2) is 42.5 Å². The Kier molecular flexibility index (Phi) is 7.41. The van der Waals surface area contributed by atoms with Crippen molar-refractivity contribution < 1.29 is 9.90 Å². The van der Waals surface area contributed by atoms with Gasteiger partial charge < -0.3 is 5.11 Å². The first-order chi connectivity index (χ1) is 9.69. The molecular weight excluding hydrogens is 248 g/mol. The molecule has 0 fully saturated rings. The molecule has 0 unspecified atom stereocenters. The molecule has 0 aliphatic heterocycles. The van der Waals surface area contributed by atoms with Gasteiger partial charge in [-0.3, -0.25) is 0 Å². The van der Waals surface area contributed by atoms with Crippen molar-refractivity contribution in [3.05, 3.63) is 48.0 Å². The van der Waals surface area contributed by atoms with Crippen LogP contribution in [0.4, 0.5) is 0 Å². The predicted octanol–water partition coefficient (Wildman–Crippen LogP) is 5.51. The van der Waals surface area contributed by atoms with Gasteiger partial charge in [0.2, 0.25) is 0 Å². The van der Waals surface area contributed by atoms with Crippen LogP contribution in [0.2, 0.25) is 0 Å². The molecule has 0 spiro atoms. The molecule has 20 heavy (non-hydrogen) atoms. The highest BCUT2D eigenvalue weighted by molar-refractivity contribution is 5.94. The molecule has 0 aliphatic rings. The molecule has 0 saturated carbocycles. The molecule has 0 aromatic heterocycles. The molecule has 0 amide bonds. The van der Waals surface area contributed by atoms with Crippen LogP contribution in [-0.4, -0.2) is 11.1 Å². The van der Waals surface area contributed by atoms with Crippen molar-refractivity contribution >= 4 is 16.7 Å². The van der Waals surface area contributed by atoms with Gasteiger partial charge in [0, 0.05) is 0 Å². The fraction of sp³-hybridized carbons (Fsp3) is 0.389. The molecule has 0 bridgehead atoms. The Balaban J connectivity index is 0.000000246. The van der Waals surface area contributed by atoms with Crippen LogP contribution in [0, 0.1) is 0 Å². The Morgan fingerprint density at radius 3 is 2.05 bits per heavy atom. The van der Waals surface area contributed by atoms with Gasteiger partial charge in [-0.25, -0.2) is 4.79 Å². The number of carbonyl (C=O) groups is 1. The molecule has 0 atom stereocenters. The number of benzene rings is 2. The molecular formula is C18H24O2. The second-order valence-corrected chi connectivity index (χ2v) is 4.93. The minimum Gasteiger partial charge on any atom is -0.478 e. The number of hydrogen-bond acceptors (Lipinski definition) is 1. The van der Waals surface area contributed by atoms with Crippen LogP contribution in [0.5, 0.6) is 0 Å². The minimum atomic E-state index is -0.884. The van der Waals surface area contributed by atoms with Gasteiger partial charge in [-0.2, -0.15) is 0 Å². The smallest absolute Gasteiger partial charge is 0.335 e. The Morgan fingerprint density at radius 2 is 1.50 bits per heavy atom. The van der Waals surface area contributed by atoms with E-state index in [9.17, 15) is 4.79 Å². The highest BCUT2D eigenvalue weighted by atomic mass is 16.4. The third-order valence-corrected chi connectivity index (χ3v) is 3.20. The van der Waals surface area contributed by atoms with Gasteiger partial charge >= 0.3 is 5.97 Å². The van der Waals surface area contributed by atoms with Crippen molar-refractivity contribution in [2.45, 2.75) is 46.0 Å². The molecule has 0 radical (unpaired) electrons. The Labute approximate surface area is 121 Å². The summed E-state index contributed by atoms with van der Waals surface area (Å²) in [6.45, 7) is 4.49. The highest BCUT2D eigenvalue weighted by Crippen LogP contribution is 2.15. The Morgan fingerprint density at radius 1 is 0.900 bits per heavy atom. The fourth-order valence-corrected chi connectivity index (χ4v) is 2.00. The van der Waals surface area contributed by atoms with E-state index in [1.807, 2.05) is 30.3 Å². The summed E-state index contributed by atoms with van der Waals surface area (Å²) in [6.07, 6.45) is 7.01. The van der Waals surface area contributed by atoms with E-state index in [1.54, 1.807) is 12.1 Å². The molecule has 0 aliphatic carbocycles. The number of hydrogen-bond donors (Lipinski definition) is 1. The van der Waals surface area contributed by atoms with Crippen LogP contribution in [0.3, 0.4) is 0 Å². The zero-order valence-corrected chi connectivity index (χ0v) is 12.4. The average molecular weight is 272 g/mol. The lowest BCUT2D eigenvalue weighted by Gasteiger charge is -1.98. The third kappa shape index (κ3) is 5.43. The molecule has 2 aromatic carbocycles. The quantitative estimate of drug-likeness (QED) is 0.728. The lowest BCUT2D eigenvalue weighted by Crippen LogP contribution is -1.94. The SMILES string of the molecule is CCCCCCC.O=C(O)c1ccc2ccccc2c1. The van der Waals surface area contributed by atoms with E-state index < -0.39 is 5.97 Å². The molecule has 2 aromatic rings. The summed E-state index contributed by atoms with van der Waals surface area (Å²) in [6, 6.07) is 12.8. The summed E-state index contributed by atoms with van der Waals surface area (Å²) >= 11 is 0. The number of carboxylic acids is 1. The van der Waals surface area contributed by atoms with E-state index in [1.165, 1.54) is 32.1 Å². The Hall–Kier alpha value is -1.83. The first-order valence-electron chi connectivity index (χ1n) is 7.41. The summed E-state index contributed by atoms with van der Waals surface area (Å²) < 4.78 is 0. The van der Waals surface area contributed by atoms with Crippen LogP contribution < -0.4 is 0 Å². The summed E-state index contributed by atoms with van der Waals surface area (Å²) in [5.41, 5.74) is 0.332. The van der Waals surface area contributed by atoms with Gasteiger partial charge in [-0.1, -0.05) is 76.3 Å². The number of rotatable bonds is 5. The van der Waals surface area contributed by atoms with E-state index in [0.717, 1.165) is 10.8 Å². The van der Waals surface area contributed by atoms with Crippen molar-refractivity contribution in [3.63, 3.8) is 0 Å². The zero-order chi connectivity index (χ0) is 14.8. The van der Waals surface area contributed by atoms with Crippen LogP contribution in [0.25, 0.3) is 10.8 Å². The number of carboxylic acid groups (broad SMARTS) is 1. The molecule has 1 N–H and O–H groups in total. The molecule has 2 rings (SSSR count). The maximum Gasteiger partial charge on any atom is 0.335 e. The first-order valence-corrected chi connectivity index (χ1v) is 7.41. The lowest BCUT2D eigenvalue weighted by molar-refractivity contribution is 0.0697. The maximum atomic E-state index is 10.6. The van der Waals surface area contributed by atoms with Gasteiger partial charge in [-0.15, -0.1) is 0 Å². The van der Waals surface area contributed by atoms with Crippen LogP contribution in [-0.2, 0) is 0 Å². The zero-order valence-electron chi connectivity index (χ0n) is 12.4. The van der Waals surface area contributed by atoms with Gasteiger partial charge in [0.15, 0.2) is 0 Å². The van der Waals surface area contributed by atoms with Crippen molar-refractivity contribution in [1.29, 1.82) is 0 Å². The molecule has 108 valence electrons. The highest BCUT2D eigenvalue weighted by Gasteiger charge is 2.01. The molecule has 2 nitrogen and oxygen atoms in total. The topological polar surface area (TPSA) is 37.3 Å². The van der Waals surface area contributed by atoms with E-state index in [-0.39, 0.29) is 0 Å². The molecule has 2 heteroatoms. The maximum absolute atomic E-state index is 10.6. The van der Waals surface area contributed by atoms with Crippen molar-refractivity contribution in [2.75, 3.05) is 0 Å². The monoisotopic (exact) mass is 272 g/mol. The Bertz CT molecular complexity index is 528. The molecule has 0 saturated heterocycles. The first kappa shape index (κ1) is 16.2. The van der Waals surface area contributed by atoms with Gasteiger partial charge in [0.1, 0.15) is 0 Å². The van der Waals surface area contributed by atoms with Crippen molar-refractivity contribution in [1.82, 2.24) is 0 Å². The normalized spacial score (nSPS) is 9.90. The van der Waals surface area contributed by atoms with Crippen molar-refractivity contribution in [2.24, 2.45) is 0 Å². The molecule has 0 heterocycles. The van der Waals surface area contributed by atoms with E-state index in [2.05, 4.69) is 13.8 Å². The third-order valence-electron chi connectivity index (χ3n) is 3.20. The van der Waals surface area contributed by atoms with E-state index in [0.29, 0.717) is 5.56 Å². The second kappa shape index (κ2) is 9.13. The summed E-state index contributed by atoms with van der Waals surface area (Å²) in [5, 5.41) is 10.8. The largest absolute Gasteiger partial charge is 0.478 e. The number of fused-ring (bicyclic) bond motifs is 1. The summed E-state index contributed by atoms with van der Waals surface area (Å²) in [4.78, 5) is 10.6. The van der Waals surface area contributed by atoms with Crippen LogP contribution in [0.1, 0.15) is 56.3 Å². The number of unbranched alkanes of at least 4 members (excludes halogenated alkanes) is 4. The van der Waals surface area contributed by atoms with Crippen molar-refractivity contribution in [3.8, 4) is 0 Å².